The van der Waals surface area contributed by atoms with Gasteiger partial charge >= 0.3 is 0 Å². The first-order chi connectivity index (χ1) is 14.1. The summed E-state index contributed by atoms with van der Waals surface area (Å²) >= 11 is 3.33. The molecule has 2 amide bonds. The fourth-order valence-corrected chi connectivity index (χ4v) is 6.29. The fraction of sp³-hybridized carbons (Fsp3) is 0.455. The van der Waals surface area contributed by atoms with E-state index in [9.17, 15) is 9.59 Å². The van der Waals surface area contributed by atoms with Crippen LogP contribution in [0.1, 0.15) is 48.0 Å². The van der Waals surface area contributed by atoms with Gasteiger partial charge in [-0.1, -0.05) is 18.9 Å². The molecule has 0 radical (unpaired) electrons. The van der Waals surface area contributed by atoms with Gasteiger partial charge in [0.25, 0.3) is 5.91 Å². The summed E-state index contributed by atoms with van der Waals surface area (Å²) in [6.45, 7) is 2.99. The maximum atomic E-state index is 13.5. The third kappa shape index (κ3) is 3.20. The number of carbonyl (C=O) groups is 2. The van der Waals surface area contributed by atoms with Crippen molar-refractivity contribution in [2.24, 2.45) is 0 Å². The van der Waals surface area contributed by atoms with Gasteiger partial charge in [0.1, 0.15) is 16.1 Å². The second-order valence-corrected chi connectivity index (χ2v) is 10.2. The van der Waals surface area contributed by atoms with E-state index < -0.39 is 5.54 Å². The minimum Gasteiger partial charge on any atom is -0.351 e. The maximum Gasteiger partial charge on any atom is 0.271 e. The molecule has 5 nitrogen and oxygen atoms in total. The predicted molar refractivity (Wildman–Crippen MR) is 118 cm³/mol. The lowest BCUT2D eigenvalue weighted by molar-refractivity contribution is -0.133. The highest BCUT2D eigenvalue weighted by atomic mass is 32.1. The van der Waals surface area contributed by atoms with Crippen molar-refractivity contribution in [2.45, 2.75) is 57.2 Å². The number of amides is 2. The highest BCUT2D eigenvalue weighted by Crippen LogP contribution is 2.35. The molecule has 3 aromatic rings. The van der Waals surface area contributed by atoms with Crippen LogP contribution in [0.2, 0.25) is 0 Å². The van der Waals surface area contributed by atoms with Crippen molar-refractivity contribution in [1.29, 1.82) is 0 Å². The van der Waals surface area contributed by atoms with Crippen LogP contribution in [0, 0.1) is 0 Å². The first-order valence-corrected chi connectivity index (χ1v) is 12.0. The molecule has 0 bridgehead atoms. The van der Waals surface area contributed by atoms with Crippen molar-refractivity contribution in [3.05, 3.63) is 45.6 Å². The topological polar surface area (TPSA) is 54.3 Å². The molecule has 1 aliphatic carbocycles. The Balaban J connectivity index is 1.50. The Morgan fingerprint density at radius 2 is 2.07 bits per heavy atom. The molecular formula is C22H25N3O2S2. The van der Waals surface area contributed by atoms with Gasteiger partial charge in [0.2, 0.25) is 5.91 Å². The summed E-state index contributed by atoms with van der Waals surface area (Å²) in [5.41, 5.74) is -0.191. The van der Waals surface area contributed by atoms with E-state index in [0.29, 0.717) is 18.8 Å². The summed E-state index contributed by atoms with van der Waals surface area (Å²) in [6, 6.07) is 8.38. The molecule has 5 rings (SSSR count). The molecule has 0 saturated heterocycles. The smallest absolute Gasteiger partial charge is 0.271 e. The van der Waals surface area contributed by atoms with Crippen LogP contribution in [0.25, 0.3) is 10.2 Å². The van der Waals surface area contributed by atoms with E-state index in [0.717, 1.165) is 29.5 Å². The minimum atomic E-state index is -0.889. The number of thiophene rings is 2. The molecule has 0 spiro atoms. The molecule has 1 atom stereocenters. The zero-order valence-corrected chi connectivity index (χ0v) is 18.2. The third-order valence-corrected chi connectivity index (χ3v) is 8.26. The summed E-state index contributed by atoms with van der Waals surface area (Å²) in [7, 11) is 0. The standard InChI is InChI=1S/C22H25N3O2S2/c1-22(21(27)23-16-5-2-3-6-16)14-24-18(13-15-9-12-29-20(15)24)19(26)25(22)10-8-17-7-4-11-28-17/h4,7,9,11-13,16H,2-3,5-6,8,10,14H2,1H3,(H,23,27)/t22-/m0/s1. The second-order valence-electron chi connectivity index (χ2n) is 8.31. The molecule has 7 heteroatoms. The van der Waals surface area contributed by atoms with Gasteiger partial charge in [0.05, 0.1) is 6.54 Å². The molecule has 1 saturated carbocycles. The second kappa shape index (κ2) is 7.29. The zero-order valence-electron chi connectivity index (χ0n) is 16.5. The molecule has 1 aliphatic heterocycles. The van der Waals surface area contributed by atoms with Crippen molar-refractivity contribution >= 4 is 44.7 Å². The van der Waals surface area contributed by atoms with Gasteiger partial charge in [-0.25, -0.2) is 0 Å². The number of nitrogens with one attached hydrogen (secondary N) is 1. The first-order valence-electron chi connectivity index (χ1n) is 10.3. The molecule has 4 heterocycles. The zero-order chi connectivity index (χ0) is 20.0. The lowest BCUT2D eigenvalue weighted by atomic mass is 9.94. The van der Waals surface area contributed by atoms with Gasteiger partial charge in [-0.3, -0.25) is 9.59 Å². The summed E-state index contributed by atoms with van der Waals surface area (Å²) in [6.07, 6.45) is 5.18. The van der Waals surface area contributed by atoms with Crippen molar-refractivity contribution in [2.75, 3.05) is 6.54 Å². The molecule has 3 aromatic heterocycles. The number of hydrogen-bond acceptors (Lipinski definition) is 4. The maximum absolute atomic E-state index is 13.5. The van der Waals surface area contributed by atoms with E-state index in [1.807, 2.05) is 35.4 Å². The number of aromatic nitrogens is 1. The summed E-state index contributed by atoms with van der Waals surface area (Å²) in [5, 5.41) is 8.44. The van der Waals surface area contributed by atoms with Crippen LogP contribution in [-0.4, -0.2) is 39.4 Å². The molecule has 0 aromatic carbocycles. The molecule has 29 heavy (non-hydrogen) atoms. The molecule has 2 aliphatic rings. The van der Waals surface area contributed by atoms with E-state index in [4.69, 9.17) is 0 Å². The normalized spacial score (nSPS) is 22.4. The van der Waals surface area contributed by atoms with Crippen LogP contribution in [0.3, 0.4) is 0 Å². The molecule has 152 valence electrons. The Hall–Kier alpha value is -2.12. The van der Waals surface area contributed by atoms with Gasteiger partial charge in [0.15, 0.2) is 0 Å². The summed E-state index contributed by atoms with van der Waals surface area (Å²) in [5.74, 6) is -0.0618. The lowest BCUT2D eigenvalue weighted by Crippen LogP contribution is -2.65. The van der Waals surface area contributed by atoms with Gasteiger partial charge < -0.3 is 14.8 Å². The largest absolute Gasteiger partial charge is 0.351 e. The van der Waals surface area contributed by atoms with E-state index in [1.165, 1.54) is 17.7 Å². The molecule has 1 fully saturated rings. The highest BCUT2D eigenvalue weighted by Gasteiger charge is 2.48. The highest BCUT2D eigenvalue weighted by molar-refractivity contribution is 7.16. The van der Waals surface area contributed by atoms with Crippen molar-refractivity contribution in [3.63, 3.8) is 0 Å². The van der Waals surface area contributed by atoms with Crippen molar-refractivity contribution < 1.29 is 9.59 Å². The molecular weight excluding hydrogens is 402 g/mol. The summed E-state index contributed by atoms with van der Waals surface area (Å²) in [4.78, 5) is 31.1. The van der Waals surface area contributed by atoms with Crippen LogP contribution in [-0.2, 0) is 17.8 Å². The lowest BCUT2D eigenvalue weighted by Gasteiger charge is -2.44. The minimum absolute atomic E-state index is 0.0204. The van der Waals surface area contributed by atoms with Gasteiger partial charge in [-0.2, -0.15) is 0 Å². The van der Waals surface area contributed by atoms with Crippen LogP contribution >= 0.6 is 22.7 Å². The number of fused-ring (bicyclic) bond motifs is 3. The average molecular weight is 428 g/mol. The quantitative estimate of drug-likeness (QED) is 0.661. The molecule has 0 unspecified atom stereocenters. The van der Waals surface area contributed by atoms with Gasteiger partial charge in [-0.15, -0.1) is 22.7 Å². The van der Waals surface area contributed by atoms with Crippen LogP contribution < -0.4 is 5.32 Å². The number of rotatable bonds is 5. The Kier molecular flexibility index (Phi) is 4.75. The SMILES string of the molecule is C[C@@]1(C(=O)NC2CCCC2)Cn2c(cc3ccsc32)C(=O)N1CCc1cccs1. The van der Waals surface area contributed by atoms with Crippen molar-refractivity contribution in [3.8, 4) is 0 Å². The number of nitrogens with zero attached hydrogens (tertiary/aromatic N) is 2. The van der Waals surface area contributed by atoms with E-state index in [1.54, 1.807) is 22.7 Å². The van der Waals surface area contributed by atoms with Crippen LogP contribution in [0.15, 0.2) is 35.0 Å². The Morgan fingerprint density at radius 1 is 1.24 bits per heavy atom. The Bertz CT molecular complexity index is 1050. The average Bonchev–Trinajstić information content (AvgIpc) is 3.48. The van der Waals surface area contributed by atoms with E-state index >= 15 is 0 Å². The number of carbonyl (C=O) groups excluding carboxylic acids is 2. The predicted octanol–water partition coefficient (Wildman–Crippen LogP) is 4.28. The third-order valence-electron chi connectivity index (χ3n) is 6.37. The van der Waals surface area contributed by atoms with E-state index in [2.05, 4.69) is 21.3 Å². The van der Waals surface area contributed by atoms with Crippen LogP contribution in [0.5, 0.6) is 0 Å². The Morgan fingerprint density at radius 3 is 2.83 bits per heavy atom. The Labute approximate surface area is 178 Å². The monoisotopic (exact) mass is 427 g/mol. The van der Waals surface area contributed by atoms with E-state index in [-0.39, 0.29) is 17.9 Å². The fourth-order valence-electron chi connectivity index (χ4n) is 4.70. The number of hydrogen-bond donors (Lipinski definition) is 1. The van der Waals surface area contributed by atoms with Crippen molar-refractivity contribution in [1.82, 2.24) is 14.8 Å². The van der Waals surface area contributed by atoms with Gasteiger partial charge in [-0.05, 0) is 55.1 Å². The van der Waals surface area contributed by atoms with Crippen LogP contribution in [0.4, 0.5) is 0 Å². The van der Waals surface area contributed by atoms with Gasteiger partial charge in [0, 0.05) is 22.8 Å². The summed E-state index contributed by atoms with van der Waals surface area (Å²) < 4.78 is 2.05. The first kappa shape index (κ1) is 18.9. The molecule has 1 N–H and O–H groups in total.